The molecule has 0 saturated carbocycles. The first-order valence-electron chi connectivity index (χ1n) is 7.96. The molecule has 0 fully saturated rings. The lowest BCUT2D eigenvalue weighted by Crippen LogP contribution is -2.27. The standard InChI is InChI=1S/C17H29O2P/c1-3-5-10-14-17(19-20-18,15-11-6-4-2)16-12-8-7-9-13-16/h7-9,12-13H,3-6,10-11,14-15,20H2,1-2H3. The van der Waals surface area contributed by atoms with Crippen LogP contribution in [0.4, 0.5) is 0 Å². The van der Waals surface area contributed by atoms with Crippen molar-refractivity contribution in [2.75, 3.05) is 0 Å². The van der Waals surface area contributed by atoms with Gasteiger partial charge in [-0.3, -0.25) is 4.57 Å². The normalized spacial score (nSPS) is 12.3. The fourth-order valence-electron chi connectivity index (χ4n) is 2.75. The Bertz CT molecular complexity index is 355. The smallest absolute Gasteiger partial charge is 0.180 e. The largest absolute Gasteiger partial charge is 0.321 e. The molecule has 1 aromatic rings. The fraction of sp³-hybridized carbons (Fsp3) is 0.647. The van der Waals surface area contributed by atoms with Gasteiger partial charge in [-0.1, -0.05) is 82.7 Å². The van der Waals surface area contributed by atoms with Gasteiger partial charge < -0.3 is 4.52 Å². The van der Waals surface area contributed by atoms with Gasteiger partial charge in [-0.25, -0.2) is 0 Å². The van der Waals surface area contributed by atoms with E-state index in [0.717, 1.165) is 25.7 Å². The third-order valence-electron chi connectivity index (χ3n) is 3.94. The summed E-state index contributed by atoms with van der Waals surface area (Å²) in [5, 5.41) is 0. The van der Waals surface area contributed by atoms with Crippen molar-refractivity contribution in [2.45, 2.75) is 70.8 Å². The summed E-state index contributed by atoms with van der Waals surface area (Å²) >= 11 is 0. The third kappa shape index (κ3) is 5.42. The Morgan fingerprint density at radius 1 is 0.950 bits per heavy atom. The van der Waals surface area contributed by atoms with Crippen molar-refractivity contribution in [1.82, 2.24) is 0 Å². The maximum absolute atomic E-state index is 11.2. The van der Waals surface area contributed by atoms with Crippen LogP contribution in [-0.4, -0.2) is 0 Å². The Morgan fingerprint density at radius 2 is 1.50 bits per heavy atom. The molecule has 0 aliphatic carbocycles. The minimum absolute atomic E-state index is 0.331. The molecule has 114 valence electrons. The molecule has 0 bridgehead atoms. The predicted molar refractivity (Wildman–Crippen MR) is 87.9 cm³/mol. The van der Waals surface area contributed by atoms with Gasteiger partial charge in [-0.15, -0.1) is 0 Å². The highest BCUT2D eigenvalue weighted by atomic mass is 31.1. The van der Waals surface area contributed by atoms with Crippen LogP contribution in [0, 0.1) is 0 Å². The Hall–Kier alpha value is -0.590. The van der Waals surface area contributed by atoms with Gasteiger partial charge in [0.25, 0.3) is 0 Å². The van der Waals surface area contributed by atoms with E-state index in [-0.39, 0.29) is 5.60 Å². The quantitative estimate of drug-likeness (QED) is 0.385. The van der Waals surface area contributed by atoms with Crippen molar-refractivity contribution in [3.63, 3.8) is 0 Å². The van der Waals surface area contributed by atoms with Gasteiger partial charge >= 0.3 is 0 Å². The lowest BCUT2D eigenvalue weighted by Gasteiger charge is -2.33. The third-order valence-corrected chi connectivity index (χ3v) is 4.49. The van der Waals surface area contributed by atoms with E-state index in [2.05, 4.69) is 26.0 Å². The lowest BCUT2D eigenvalue weighted by molar-refractivity contribution is 0.0560. The molecule has 2 nitrogen and oxygen atoms in total. The van der Waals surface area contributed by atoms with Gasteiger partial charge in [0.05, 0.1) is 0 Å². The highest BCUT2D eigenvalue weighted by molar-refractivity contribution is 7.17. The van der Waals surface area contributed by atoms with Gasteiger partial charge in [-0.2, -0.15) is 0 Å². The van der Waals surface area contributed by atoms with Crippen molar-refractivity contribution in [3.8, 4) is 0 Å². The van der Waals surface area contributed by atoms with E-state index in [1.54, 1.807) is 0 Å². The second kappa shape index (κ2) is 10.2. The summed E-state index contributed by atoms with van der Waals surface area (Å²) in [6.45, 7) is 4.42. The van der Waals surface area contributed by atoms with Crippen LogP contribution in [0.3, 0.4) is 0 Å². The van der Waals surface area contributed by atoms with E-state index in [9.17, 15) is 4.57 Å². The maximum Gasteiger partial charge on any atom is 0.180 e. The minimum Gasteiger partial charge on any atom is -0.321 e. The molecule has 0 radical (unpaired) electrons. The summed E-state index contributed by atoms with van der Waals surface area (Å²) in [6, 6.07) is 10.4. The molecule has 0 aromatic heterocycles. The van der Waals surface area contributed by atoms with Crippen LogP contribution in [0.25, 0.3) is 0 Å². The topological polar surface area (TPSA) is 26.3 Å². The molecule has 0 saturated heterocycles. The first kappa shape index (κ1) is 17.5. The monoisotopic (exact) mass is 296 g/mol. The van der Waals surface area contributed by atoms with Crippen molar-refractivity contribution < 1.29 is 9.09 Å². The molecular formula is C17H29O2P. The zero-order valence-corrected chi connectivity index (χ0v) is 14.1. The highest BCUT2D eigenvalue weighted by Crippen LogP contribution is 2.39. The van der Waals surface area contributed by atoms with Crippen molar-refractivity contribution >= 4 is 8.69 Å². The first-order chi connectivity index (χ1) is 9.79. The molecule has 1 aromatic carbocycles. The minimum atomic E-state index is -1.17. The van der Waals surface area contributed by atoms with Crippen molar-refractivity contribution in [1.29, 1.82) is 0 Å². The molecular weight excluding hydrogens is 267 g/mol. The summed E-state index contributed by atoms with van der Waals surface area (Å²) < 4.78 is 17.1. The van der Waals surface area contributed by atoms with E-state index >= 15 is 0 Å². The maximum atomic E-state index is 11.2. The Kier molecular flexibility index (Phi) is 8.89. The molecule has 1 rings (SSSR count). The van der Waals surface area contributed by atoms with Crippen LogP contribution in [-0.2, 0) is 14.7 Å². The number of benzene rings is 1. The van der Waals surface area contributed by atoms with Crippen molar-refractivity contribution in [3.05, 3.63) is 35.9 Å². The van der Waals surface area contributed by atoms with Crippen LogP contribution < -0.4 is 0 Å². The van der Waals surface area contributed by atoms with Gasteiger partial charge in [0.15, 0.2) is 8.69 Å². The molecule has 1 unspecified atom stereocenters. The molecule has 0 aliphatic heterocycles. The van der Waals surface area contributed by atoms with E-state index in [4.69, 9.17) is 4.52 Å². The molecule has 20 heavy (non-hydrogen) atoms. The van der Waals surface area contributed by atoms with E-state index in [1.807, 2.05) is 18.2 Å². The summed E-state index contributed by atoms with van der Waals surface area (Å²) in [7, 11) is -1.17. The fourth-order valence-corrected chi connectivity index (χ4v) is 3.31. The summed E-state index contributed by atoms with van der Waals surface area (Å²) in [6.07, 6.45) is 9.04. The summed E-state index contributed by atoms with van der Waals surface area (Å²) in [5.74, 6) is 0. The van der Waals surface area contributed by atoms with Gasteiger partial charge in [0.1, 0.15) is 5.60 Å². The predicted octanol–water partition coefficient (Wildman–Crippen LogP) is 5.73. The van der Waals surface area contributed by atoms with E-state index in [0.29, 0.717) is 0 Å². The second-order valence-corrected chi connectivity index (χ2v) is 5.92. The molecule has 3 heteroatoms. The van der Waals surface area contributed by atoms with Crippen LogP contribution in [0.15, 0.2) is 30.3 Å². The number of rotatable bonds is 11. The Balaban J connectivity index is 2.89. The zero-order chi connectivity index (χ0) is 14.7. The van der Waals surface area contributed by atoms with E-state index in [1.165, 1.54) is 31.2 Å². The Labute approximate surface area is 125 Å². The number of unbranched alkanes of at least 4 members (excludes halogenated alkanes) is 4. The van der Waals surface area contributed by atoms with Crippen molar-refractivity contribution in [2.24, 2.45) is 0 Å². The van der Waals surface area contributed by atoms with Gasteiger partial charge in [-0.05, 0) is 18.4 Å². The molecule has 0 spiro atoms. The second-order valence-electron chi connectivity index (χ2n) is 5.49. The molecule has 0 N–H and O–H groups in total. The number of hydrogen-bond acceptors (Lipinski definition) is 2. The highest BCUT2D eigenvalue weighted by Gasteiger charge is 2.31. The van der Waals surface area contributed by atoms with E-state index < -0.39 is 8.69 Å². The molecule has 0 amide bonds. The van der Waals surface area contributed by atoms with Crippen LogP contribution >= 0.6 is 8.69 Å². The zero-order valence-electron chi connectivity index (χ0n) is 12.9. The van der Waals surface area contributed by atoms with Crippen LogP contribution in [0.1, 0.15) is 70.8 Å². The Morgan fingerprint density at radius 3 is 1.95 bits per heavy atom. The molecule has 0 heterocycles. The van der Waals surface area contributed by atoms with Crippen LogP contribution in [0.2, 0.25) is 0 Å². The number of hydrogen-bond donors (Lipinski definition) is 0. The molecule has 0 aliphatic rings. The van der Waals surface area contributed by atoms with Gasteiger partial charge in [0.2, 0.25) is 0 Å². The first-order valence-corrected chi connectivity index (χ1v) is 8.90. The lowest BCUT2D eigenvalue weighted by atomic mass is 9.84. The SMILES string of the molecule is CCCCCC(CCCCC)(O[PH2]=O)c1ccccc1. The average molecular weight is 296 g/mol. The molecule has 1 atom stereocenters. The van der Waals surface area contributed by atoms with Gasteiger partial charge in [0, 0.05) is 0 Å². The van der Waals surface area contributed by atoms with Crippen LogP contribution in [0.5, 0.6) is 0 Å². The average Bonchev–Trinajstić information content (AvgIpc) is 2.48. The summed E-state index contributed by atoms with van der Waals surface area (Å²) in [4.78, 5) is 0. The summed E-state index contributed by atoms with van der Waals surface area (Å²) in [5.41, 5.74) is 0.860.